The minimum absolute atomic E-state index is 0.219. The van der Waals surface area contributed by atoms with E-state index in [1.807, 2.05) is 6.07 Å². The van der Waals surface area contributed by atoms with E-state index in [0.717, 1.165) is 0 Å². The van der Waals surface area contributed by atoms with E-state index in [1.54, 1.807) is 0 Å². The lowest BCUT2D eigenvalue weighted by Crippen LogP contribution is -2.13. The van der Waals surface area contributed by atoms with Gasteiger partial charge in [0, 0.05) is 0 Å². The Morgan fingerprint density at radius 1 is 1.16 bits per heavy atom. The van der Waals surface area contributed by atoms with E-state index in [9.17, 15) is 4.79 Å². The summed E-state index contributed by atoms with van der Waals surface area (Å²) >= 11 is 0. The summed E-state index contributed by atoms with van der Waals surface area (Å²) in [5.41, 5.74) is 0.219. The van der Waals surface area contributed by atoms with Gasteiger partial charge in [-0.3, -0.25) is 0 Å². The van der Waals surface area contributed by atoms with E-state index in [0.29, 0.717) is 17.2 Å². The molecule has 0 N–H and O–H groups in total. The number of carbonyl (C=O) groups is 1. The van der Waals surface area contributed by atoms with Crippen LogP contribution in [0.2, 0.25) is 0 Å². The van der Waals surface area contributed by atoms with Crippen LogP contribution < -0.4 is 14.2 Å². The third-order valence-electron chi connectivity index (χ3n) is 2.37. The summed E-state index contributed by atoms with van der Waals surface area (Å²) in [6.07, 6.45) is -0.827. The van der Waals surface area contributed by atoms with Crippen LogP contribution in [0.5, 0.6) is 17.2 Å². The molecule has 102 valence electrons. The SMILES string of the molecule is COc1cc(C(=O)O[C@H](C)C#N)cc(OC)c1OC. The van der Waals surface area contributed by atoms with Crippen LogP contribution in [0, 0.1) is 11.3 Å². The second-order valence-corrected chi connectivity index (χ2v) is 3.59. The number of rotatable bonds is 5. The van der Waals surface area contributed by atoms with Gasteiger partial charge < -0.3 is 18.9 Å². The van der Waals surface area contributed by atoms with Crippen molar-refractivity contribution in [1.29, 1.82) is 5.26 Å². The number of methoxy groups -OCH3 is 3. The molecule has 0 aliphatic carbocycles. The van der Waals surface area contributed by atoms with Crippen molar-refractivity contribution in [3.63, 3.8) is 0 Å². The molecule has 0 heterocycles. The minimum Gasteiger partial charge on any atom is -0.493 e. The Hall–Kier alpha value is -2.42. The van der Waals surface area contributed by atoms with Crippen molar-refractivity contribution in [2.45, 2.75) is 13.0 Å². The Morgan fingerprint density at radius 3 is 2.05 bits per heavy atom. The van der Waals surface area contributed by atoms with Crippen LogP contribution in [-0.4, -0.2) is 33.4 Å². The predicted molar refractivity (Wildman–Crippen MR) is 66.6 cm³/mol. The van der Waals surface area contributed by atoms with E-state index in [4.69, 9.17) is 24.2 Å². The lowest BCUT2D eigenvalue weighted by molar-refractivity contribution is 0.0434. The molecule has 0 aliphatic rings. The van der Waals surface area contributed by atoms with E-state index in [-0.39, 0.29) is 5.56 Å². The van der Waals surface area contributed by atoms with Crippen molar-refractivity contribution in [3.8, 4) is 23.3 Å². The first kappa shape index (κ1) is 14.6. The predicted octanol–water partition coefficient (Wildman–Crippen LogP) is 1.78. The number of benzene rings is 1. The van der Waals surface area contributed by atoms with Gasteiger partial charge in [-0.15, -0.1) is 0 Å². The Balaban J connectivity index is 3.16. The zero-order valence-electron chi connectivity index (χ0n) is 11.2. The third-order valence-corrected chi connectivity index (χ3v) is 2.37. The topological polar surface area (TPSA) is 77.8 Å². The zero-order valence-corrected chi connectivity index (χ0v) is 11.2. The highest BCUT2D eigenvalue weighted by Crippen LogP contribution is 2.38. The number of esters is 1. The standard InChI is InChI=1S/C13H15NO5/c1-8(7-14)19-13(15)9-5-10(16-2)12(18-4)11(6-9)17-3/h5-6,8H,1-4H3/t8-/m1/s1. The summed E-state index contributed by atoms with van der Waals surface area (Å²) in [6, 6.07) is 4.75. The number of hydrogen-bond donors (Lipinski definition) is 0. The second kappa shape index (κ2) is 6.50. The Kier molecular flexibility index (Phi) is 5.01. The van der Waals surface area contributed by atoms with Gasteiger partial charge in [0.25, 0.3) is 0 Å². The molecule has 0 amide bonds. The van der Waals surface area contributed by atoms with Gasteiger partial charge in [0.1, 0.15) is 6.07 Å². The summed E-state index contributed by atoms with van der Waals surface area (Å²) in [7, 11) is 4.37. The number of nitriles is 1. The highest BCUT2D eigenvalue weighted by atomic mass is 16.5. The fourth-order valence-electron chi connectivity index (χ4n) is 1.45. The van der Waals surface area contributed by atoms with Gasteiger partial charge >= 0.3 is 5.97 Å². The van der Waals surface area contributed by atoms with E-state index in [2.05, 4.69) is 0 Å². The molecule has 0 radical (unpaired) electrons. The summed E-state index contributed by atoms with van der Waals surface area (Å²) in [5.74, 6) is 0.444. The maximum atomic E-state index is 11.8. The molecule has 1 aromatic rings. The van der Waals surface area contributed by atoms with Crippen LogP contribution in [0.15, 0.2) is 12.1 Å². The van der Waals surface area contributed by atoms with Crippen LogP contribution in [-0.2, 0) is 4.74 Å². The monoisotopic (exact) mass is 265 g/mol. The molecular formula is C13H15NO5. The number of carbonyl (C=O) groups excluding carboxylic acids is 1. The highest BCUT2D eigenvalue weighted by molar-refractivity contribution is 5.91. The summed E-state index contributed by atoms with van der Waals surface area (Å²) < 4.78 is 20.3. The van der Waals surface area contributed by atoms with E-state index >= 15 is 0 Å². The van der Waals surface area contributed by atoms with Gasteiger partial charge in [-0.25, -0.2) is 4.79 Å². The number of nitrogens with zero attached hydrogens (tertiary/aromatic N) is 1. The number of hydrogen-bond acceptors (Lipinski definition) is 6. The molecule has 1 atom stereocenters. The van der Waals surface area contributed by atoms with Crippen molar-refractivity contribution in [3.05, 3.63) is 17.7 Å². The Bertz CT molecular complexity index is 481. The van der Waals surface area contributed by atoms with Crippen LogP contribution in [0.25, 0.3) is 0 Å². The molecular weight excluding hydrogens is 250 g/mol. The van der Waals surface area contributed by atoms with Crippen molar-refractivity contribution < 1.29 is 23.7 Å². The van der Waals surface area contributed by atoms with Crippen LogP contribution in [0.1, 0.15) is 17.3 Å². The quantitative estimate of drug-likeness (QED) is 0.755. The molecule has 0 fully saturated rings. The highest BCUT2D eigenvalue weighted by Gasteiger charge is 2.19. The van der Waals surface area contributed by atoms with Crippen molar-refractivity contribution in [1.82, 2.24) is 0 Å². The minimum atomic E-state index is -0.827. The molecule has 0 aliphatic heterocycles. The molecule has 1 rings (SSSR count). The zero-order chi connectivity index (χ0) is 14.4. The Labute approximate surface area is 111 Å². The molecule has 0 aromatic heterocycles. The molecule has 0 unspecified atom stereocenters. The first-order chi connectivity index (χ1) is 9.07. The lowest BCUT2D eigenvalue weighted by atomic mass is 10.2. The van der Waals surface area contributed by atoms with Crippen LogP contribution >= 0.6 is 0 Å². The normalized spacial score (nSPS) is 11.1. The van der Waals surface area contributed by atoms with Gasteiger partial charge in [0.05, 0.1) is 26.9 Å². The maximum absolute atomic E-state index is 11.8. The molecule has 6 heteroatoms. The molecule has 19 heavy (non-hydrogen) atoms. The fraction of sp³-hybridized carbons (Fsp3) is 0.385. The van der Waals surface area contributed by atoms with Gasteiger partial charge in [-0.2, -0.15) is 5.26 Å². The van der Waals surface area contributed by atoms with Crippen LogP contribution in [0.3, 0.4) is 0 Å². The summed E-state index contributed by atoms with van der Waals surface area (Å²) in [5, 5.41) is 8.62. The summed E-state index contributed by atoms with van der Waals surface area (Å²) in [4.78, 5) is 11.8. The number of ether oxygens (including phenoxy) is 4. The van der Waals surface area contributed by atoms with Crippen molar-refractivity contribution in [2.75, 3.05) is 21.3 Å². The first-order valence-electron chi connectivity index (χ1n) is 5.48. The van der Waals surface area contributed by atoms with Gasteiger partial charge in [0.2, 0.25) is 5.75 Å². The molecule has 0 saturated heterocycles. The van der Waals surface area contributed by atoms with Gasteiger partial charge in [-0.1, -0.05) is 0 Å². The smallest absolute Gasteiger partial charge is 0.339 e. The average molecular weight is 265 g/mol. The average Bonchev–Trinajstić information content (AvgIpc) is 2.44. The molecule has 0 spiro atoms. The largest absolute Gasteiger partial charge is 0.493 e. The van der Waals surface area contributed by atoms with E-state index < -0.39 is 12.1 Å². The maximum Gasteiger partial charge on any atom is 0.339 e. The molecule has 0 saturated carbocycles. The summed E-state index contributed by atoms with van der Waals surface area (Å²) in [6.45, 7) is 1.48. The van der Waals surface area contributed by atoms with Crippen molar-refractivity contribution >= 4 is 5.97 Å². The van der Waals surface area contributed by atoms with Gasteiger partial charge in [0.15, 0.2) is 17.6 Å². The Morgan fingerprint density at radius 2 is 1.68 bits per heavy atom. The fourth-order valence-corrected chi connectivity index (χ4v) is 1.45. The molecule has 1 aromatic carbocycles. The molecule has 0 bridgehead atoms. The second-order valence-electron chi connectivity index (χ2n) is 3.59. The molecule has 6 nitrogen and oxygen atoms in total. The van der Waals surface area contributed by atoms with Crippen LogP contribution in [0.4, 0.5) is 0 Å². The first-order valence-corrected chi connectivity index (χ1v) is 5.48. The lowest BCUT2D eigenvalue weighted by Gasteiger charge is -2.14. The van der Waals surface area contributed by atoms with E-state index in [1.165, 1.54) is 40.4 Å². The van der Waals surface area contributed by atoms with Crippen molar-refractivity contribution in [2.24, 2.45) is 0 Å². The third kappa shape index (κ3) is 3.28. The van der Waals surface area contributed by atoms with Gasteiger partial charge in [-0.05, 0) is 19.1 Å².